The summed E-state index contributed by atoms with van der Waals surface area (Å²) in [7, 11) is 0. The first-order chi connectivity index (χ1) is 11.0. The van der Waals surface area contributed by atoms with E-state index < -0.39 is 5.91 Å². The number of amides is 1. The first-order valence-electron chi connectivity index (χ1n) is 6.70. The van der Waals surface area contributed by atoms with Gasteiger partial charge in [-0.2, -0.15) is 5.26 Å². The fourth-order valence-corrected chi connectivity index (χ4v) is 2.33. The standard InChI is InChI=1S/C17H13BrClN3O/c1-11-6-7-13(8-15(11)19)22-17(23)12(9-20)10-21-16-5-3-2-4-14(16)18/h2-8,10,21H,1H3,(H,22,23)/b12-10-. The normalized spacial score (nSPS) is 10.8. The van der Waals surface area contributed by atoms with Gasteiger partial charge in [0.15, 0.2) is 0 Å². The van der Waals surface area contributed by atoms with Gasteiger partial charge >= 0.3 is 0 Å². The monoisotopic (exact) mass is 389 g/mol. The number of carbonyl (C=O) groups excluding carboxylic acids is 1. The number of carbonyl (C=O) groups is 1. The molecule has 0 aliphatic carbocycles. The number of nitriles is 1. The Morgan fingerprint density at radius 3 is 2.70 bits per heavy atom. The highest BCUT2D eigenvalue weighted by atomic mass is 79.9. The number of hydrogen-bond acceptors (Lipinski definition) is 3. The number of anilines is 2. The molecule has 0 aromatic heterocycles. The van der Waals surface area contributed by atoms with Gasteiger partial charge in [0.2, 0.25) is 0 Å². The average molecular weight is 391 g/mol. The van der Waals surface area contributed by atoms with Crippen molar-refractivity contribution >= 4 is 44.8 Å². The average Bonchev–Trinajstić information content (AvgIpc) is 2.53. The first kappa shape index (κ1) is 17.1. The molecule has 2 N–H and O–H groups in total. The van der Waals surface area contributed by atoms with E-state index in [1.165, 1.54) is 6.20 Å². The number of halogens is 2. The predicted octanol–water partition coefficient (Wildman–Crippen LogP) is 4.87. The summed E-state index contributed by atoms with van der Waals surface area (Å²) in [6, 6.07) is 14.5. The SMILES string of the molecule is Cc1ccc(NC(=O)/C(C#N)=C\Nc2ccccc2Br)cc1Cl. The van der Waals surface area contributed by atoms with Gasteiger partial charge in [-0.1, -0.05) is 29.8 Å². The van der Waals surface area contributed by atoms with Crippen LogP contribution in [0.4, 0.5) is 11.4 Å². The van der Waals surface area contributed by atoms with E-state index in [2.05, 4.69) is 26.6 Å². The molecule has 0 heterocycles. The summed E-state index contributed by atoms with van der Waals surface area (Å²) in [5.74, 6) is -0.507. The highest BCUT2D eigenvalue weighted by molar-refractivity contribution is 9.10. The number of nitrogens with one attached hydrogen (secondary N) is 2. The molecule has 2 aromatic rings. The summed E-state index contributed by atoms with van der Waals surface area (Å²) >= 11 is 9.40. The molecule has 4 nitrogen and oxygen atoms in total. The van der Waals surface area contributed by atoms with Gasteiger partial charge in [-0.3, -0.25) is 4.79 Å². The smallest absolute Gasteiger partial charge is 0.267 e. The number of nitrogens with zero attached hydrogens (tertiary/aromatic N) is 1. The summed E-state index contributed by atoms with van der Waals surface area (Å²) in [6.07, 6.45) is 1.37. The van der Waals surface area contributed by atoms with Gasteiger partial charge in [0.1, 0.15) is 11.6 Å². The topological polar surface area (TPSA) is 64.9 Å². The van der Waals surface area contributed by atoms with Crippen molar-refractivity contribution in [3.05, 3.63) is 69.3 Å². The minimum absolute atomic E-state index is 0.0440. The van der Waals surface area contributed by atoms with Gasteiger partial charge in [0, 0.05) is 21.4 Å². The van der Waals surface area contributed by atoms with E-state index in [0.717, 1.165) is 15.7 Å². The minimum atomic E-state index is -0.507. The maximum absolute atomic E-state index is 12.1. The lowest BCUT2D eigenvalue weighted by molar-refractivity contribution is -0.112. The molecule has 0 spiro atoms. The van der Waals surface area contributed by atoms with Crippen LogP contribution in [0.25, 0.3) is 0 Å². The molecule has 116 valence electrons. The van der Waals surface area contributed by atoms with Crippen LogP contribution >= 0.6 is 27.5 Å². The van der Waals surface area contributed by atoms with Crippen LogP contribution in [0, 0.1) is 18.3 Å². The zero-order chi connectivity index (χ0) is 16.8. The Hall–Kier alpha value is -2.29. The largest absolute Gasteiger partial charge is 0.359 e. The van der Waals surface area contributed by atoms with Gasteiger partial charge in [0.05, 0.1) is 5.69 Å². The maximum atomic E-state index is 12.1. The molecule has 0 saturated heterocycles. The third-order valence-electron chi connectivity index (χ3n) is 3.04. The predicted molar refractivity (Wildman–Crippen MR) is 96.3 cm³/mol. The second-order valence-electron chi connectivity index (χ2n) is 4.71. The molecule has 0 saturated carbocycles. The van der Waals surface area contributed by atoms with E-state index in [9.17, 15) is 4.79 Å². The Morgan fingerprint density at radius 2 is 2.04 bits per heavy atom. The van der Waals surface area contributed by atoms with Crippen LogP contribution in [0.2, 0.25) is 5.02 Å². The molecule has 0 aliphatic heterocycles. The molecule has 0 fully saturated rings. The molecule has 2 aromatic carbocycles. The molecule has 0 bridgehead atoms. The zero-order valence-electron chi connectivity index (χ0n) is 12.2. The lowest BCUT2D eigenvalue weighted by Gasteiger charge is -2.07. The van der Waals surface area contributed by atoms with Crippen molar-refractivity contribution in [1.29, 1.82) is 5.26 Å². The lowest BCUT2D eigenvalue weighted by Crippen LogP contribution is -2.14. The van der Waals surface area contributed by atoms with Gasteiger partial charge in [-0.05, 0) is 52.7 Å². The number of rotatable bonds is 4. The second-order valence-corrected chi connectivity index (χ2v) is 5.97. The third kappa shape index (κ3) is 4.59. The first-order valence-corrected chi connectivity index (χ1v) is 7.87. The van der Waals surface area contributed by atoms with E-state index in [4.69, 9.17) is 16.9 Å². The molecule has 0 unspecified atom stereocenters. The molecular formula is C17H13BrClN3O. The summed E-state index contributed by atoms with van der Waals surface area (Å²) < 4.78 is 0.833. The summed E-state index contributed by atoms with van der Waals surface area (Å²) in [5, 5.41) is 15.3. The molecule has 1 amide bonds. The van der Waals surface area contributed by atoms with Gasteiger partial charge in [-0.15, -0.1) is 0 Å². The van der Waals surface area contributed by atoms with E-state index >= 15 is 0 Å². The van der Waals surface area contributed by atoms with Crippen LogP contribution in [0.3, 0.4) is 0 Å². The molecule has 6 heteroatoms. The van der Waals surface area contributed by atoms with Crippen molar-refractivity contribution in [3.63, 3.8) is 0 Å². The Kier molecular flexibility index (Phi) is 5.80. The van der Waals surface area contributed by atoms with Crippen molar-refractivity contribution in [2.24, 2.45) is 0 Å². The third-order valence-corrected chi connectivity index (χ3v) is 4.14. The Morgan fingerprint density at radius 1 is 1.30 bits per heavy atom. The van der Waals surface area contributed by atoms with Crippen LogP contribution in [-0.2, 0) is 4.79 Å². The molecule has 23 heavy (non-hydrogen) atoms. The van der Waals surface area contributed by atoms with E-state index in [1.54, 1.807) is 18.2 Å². The molecule has 0 atom stereocenters. The Balaban J connectivity index is 2.12. The quantitative estimate of drug-likeness (QED) is 0.578. The molecular weight excluding hydrogens is 378 g/mol. The Labute approximate surface area is 147 Å². The number of hydrogen-bond donors (Lipinski definition) is 2. The van der Waals surface area contributed by atoms with Crippen LogP contribution in [0.5, 0.6) is 0 Å². The summed E-state index contributed by atoms with van der Waals surface area (Å²) in [6.45, 7) is 1.87. The minimum Gasteiger partial charge on any atom is -0.359 e. The maximum Gasteiger partial charge on any atom is 0.267 e. The van der Waals surface area contributed by atoms with Crippen molar-refractivity contribution in [3.8, 4) is 6.07 Å². The van der Waals surface area contributed by atoms with Gasteiger partial charge in [0.25, 0.3) is 5.91 Å². The van der Waals surface area contributed by atoms with E-state index in [0.29, 0.717) is 10.7 Å². The van der Waals surface area contributed by atoms with Gasteiger partial charge in [-0.25, -0.2) is 0 Å². The van der Waals surface area contributed by atoms with Crippen LogP contribution in [0.15, 0.2) is 58.7 Å². The highest BCUT2D eigenvalue weighted by Gasteiger charge is 2.10. The van der Waals surface area contributed by atoms with Crippen LogP contribution < -0.4 is 10.6 Å². The van der Waals surface area contributed by atoms with Crippen LogP contribution in [0.1, 0.15) is 5.56 Å². The summed E-state index contributed by atoms with van der Waals surface area (Å²) in [5.41, 5.74) is 2.16. The van der Waals surface area contributed by atoms with Crippen molar-refractivity contribution in [1.82, 2.24) is 0 Å². The second kappa shape index (κ2) is 7.82. The highest BCUT2D eigenvalue weighted by Crippen LogP contribution is 2.22. The van der Waals surface area contributed by atoms with Crippen molar-refractivity contribution in [2.45, 2.75) is 6.92 Å². The fourth-order valence-electron chi connectivity index (χ4n) is 1.75. The number of aryl methyl sites for hydroxylation is 1. The Bertz CT molecular complexity index is 812. The lowest BCUT2D eigenvalue weighted by atomic mass is 10.2. The molecule has 2 rings (SSSR count). The molecule has 0 aliphatic rings. The van der Waals surface area contributed by atoms with Crippen molar-refractivity contribution in [2.75, 3.05) is 10.6 Å². The van der Waals surface area contributed by atoms with Gasteiger partial charge < -0.3 is 10.6 Å². The summed E-state index contributed by atoms with van der Waals surface area (Å²) in [4.78, 5) is 12.1. The zero-order valence-corrected chi connectivity index (χ0v) is 14.6. The van der Waals surface area contributed by atoms with E-state index in [1.807, 2.05) is 37.3 Å². The van der Waals surface area contributed by atoms with Crippen molar-refractivity contribution < 1.29 is 4.79 Å². The number of benzene rings is 2. The van der Waals surface area contributed by atoms with Crippen LogP contribution in [-0.4, -0.2) is 5.91 Å². The fraction of sp³-hybridized carbons (Fsp3) is 0.0588. The van der Waals surface area contributed by atoms with E-state index in [-0.39, 0.29) is 5.57 Å². The number of para-hydroxylation sites is 1. The molecule has 0 radical (unpaired) electrons.